The van der Waals surface area contributed by atoms with E-state index in [1.165, 1.54) is 0 Å². The minimum Gasteiger partial charge on any atom is -0.385 e. The largest absolute Gasteiger partial charge is 0.385 e. The standard InChI is InChI=1S/C13H21NO5.C6H7NO5/c1-4-5-8-18-13(2,3)9-12(17)19-14-10(15)6-7-11(14)16;8-3-6(11)12-7-4(9)1-2-5(7)10/h4-9H2,1-3H3;8H,1-3H2. The molecule has 2 fully saturated rings. The third-order valence-electron chi connectivity index (χ3n) is 4.09. The van der Waals surface area contributed by atoms with Gasteiger partial charge in [0.15, 0.2) is 0 Å². The Balaban J connectivity index is 0.000000343. The summed E-state index contributed by atoms with van der Waals surface area (Å²) in [6.45, 7) is 5.32. The molecular formula is C19H28N2O10. The van der Waals surface area contributed by atoms with Gasteiger partial charge in [0.1, 0.15) is 6.61 Å². The van der Waals surface area contributed by atoms with Crippen molar-refractivity contribution >= 4 is 35.6 Å². The van der Waals surface area contributed by atoms with Crippen LogP contribution in [0.25, 0.3) is 0 Å². The Morgan fingerprint density at radius 3 is 1.68 bits per heavy atom. The van der Waals surface area contributed by atoms with Crippen LogP contribution in [-0.2, 0) is 43.2 Å². The summed E-state index contributed by atoms with van der Waals surface area (Å²) in [5, 5.41) is 9.19. The highest BCUT2D eigenvalue weighted by Gasteiger charge is 2.34. The van der Waals surface area contributed by atoms with E-state index in [4.69, 9.17) is 14.7 Å². The van der Waals surface area contributed by atoms with E-state index < -0.39 is 47.8 Å². The molecule has 0 radical (unpaired) electrons. The average molecular weight is 444 g/mol. The van der Waals surface area contributed by atoms with E-state index >= 15 is 0 Å². The number of aliphatic hydroxyl groups is 1. The second kappa shape index (κ2) is 12.1. The predicted octanol–water partition coefficient (Wildman–Crippen LogP) is 0.165. The third kappa shape index (κ3) is 8.80. The Kier molecular flexibility index (Phi) is 10.2. The topological polar surface area (TPSA) is 157 Å². The summed E-state index contributed by atoms with van der Waals surface area (Å²) >= 11 is 0. The number of ether oxygens (including phenoxy) is 1. The van der Waals surface area contributed by atoms with Crippen LogP contribution in [-0.4, -0.2) is 69.6 Å². The van der Waals surface area contributed by atoms with Crippen LogP contribution in [0.5, 0.6) is 0 Å². The van der Waals surface area contributed by atoms with Crippen LogP contribution < -0.4 is 0 Å². The molecule has 0 aromatic heterocycles. The van der Waals surface area contributed by atoms with Crippen LogP contribution in [0.2, 0.25) is 0 Å². The van der Waals surface area contributed by atoms with Gasteiger partial charge in [-0.1, -0.05) is 13.3 Å². The van der Waals surface area contributed by atoms with Crippen LogP contribution >= 0.6 is 0 Å². The fourth-order valence-corrected chi connectivity index (χ4v) is 2.47. The predicted molar refractivity (Wildman–Crippen MR) is 101 cm³/mol. The molecule has 174 valence electrons. The molecule has 2 rings (SSSR count). The molecule has 12 nitrogen and oxygen atoms in total. The van der Waals surface area contributed by atoms with Gasteiger partial charge in [0.05, 0.1) is 12.0 Å². The van der Waals surface area contributed by atoms with E-state index in [0.29, 0.717) is 16.7 Å². The molecule has 2 aliphatic rings. The van der Waals surface area contributed by atoms with Gasteiger partial charge in [-0.2, -0.15) is 0 Å². The molecule has 0 saturated carbocycles. The van der Waals surface area contributed by atoms with E-state index in [1.807, 2.05) is 0 Å². The van der Waals surface area contributed by atoms with E-state index in [2.05, 4.69) is 11.8 Å². The number of hydrogen-bond acceptors (Lipinski definition) is 10. The van der Waals surface area contributed by atoms with Gasteiger partial charge in [-0.05, 0) is 20.3 Å². The van der Waals surface area contributed by atoms with Crippen molar-refractivity contribution in [1.82, 2.24) is 10.1 Å². The zero-order chi connectivity index (χ0) is 23.6. The highest BCUT2D eigenvalue weighted by atomic mass is 16.7. The summed E-state index contributed by atoms with van der Waals surface area (Å²) in [6.07, 6.45) is 2.23. The first kappa shape index (κ1) is 26.2. The van der Waals surface area contributed by atoms with Gasteiger partial charge in [0.25, 0.3) is 23.6 Å². The van der Waals surface area contributed by atoms with Crippen molar-refractivity contribution in [3.63, 3.8) is 0 Å². The molecule has 4 amide bonds. The second-order valence-electron chi connectivity index (χ2n) is 7.39. The van der Waals surface area contributed by atoms with Gasteiger partial charge in [0.2, 0.25) is 0 Å². The smallest absolute Gasteiger partial charge is 0.358 e. The second-order valence-corrected chi connectivity index (χ2v) is 7.39. The van der Waals surface area contributed by atoms with Crippen molar-refractivity contribution in [2.45, 2.75) is 71.3 Å². The van der Waals surface area contributed by atoms with Gasteiger partial charge in [-0.15, -0.1) is 10.1 Å². The maximum absolute atomic E-state index is 11.7. The van der Waals surface area contributed by atoms with Crippen molar-refractivity contribution in [3.8, 4) is 0 Å². The summed E-state index contributed by atoms with van der Waals surface area (Å²) in [5.41, 5.74) is -0.669. The molecule has 0 spiro atoms. The lowest BCUT2D eigenvalue weighted by Gasteiger charge is -2.24. The first-order valence-corrected chi connectivity index (χ1v) is 9.88. The summed E-state index contributed by atoms with van der Waals surface area (Å²) in [5.74, 6) is -3.70. The van der Waals surface area contributed by atoms with Crippen molar-refractivity contribution in [3.05, 3.63) is 0 Å². The molecule has 0 bridgehead atoms. The molecule has 0 atom stereocenters. The molecule has 2 heterocycles. The number of aliphatic hydroxyl groups excluding tert-OH is 1. The first-order valence-electron chi connectivity index (χ1n) is 9.88. The maximum Gasteiger partial charge on any atom is 0.358 e. The molecule has 0 aromatic carbocycles. The highest BCUT2D eigenvalue weighted by Crippen LogP contribution is 2.18. The number of hydrogen-bond donors (Lipinski definition) is 1. The van der Waals surface area contributed by atoms with E-state index in [0.717, 1.165) is 12.8 Å². The minimum atomic E-state index is -1.02. The average Bonchev–Trinajstić information content (AvgIpc) is 3.18. The van der Waals surface area contributed by atoms with Gasteiger partial charge >= 0.3 is 11.9 Å². The Labute approximate surface area is 179 Å². The lowest BCUT2D eigenvalue weighted by atomic mass is 10.1. The summed E-state index contributed by atoms with van der Waals surface area (Å²) in [4.78, 5) is 75.3. The fraction of sp³-hybridized carbons (Fsp3) is 0.684. The number of hydroxylamine groups is 4. The molecular weight excluding hydrogens is 416 g/mol. The lowest BCUT2D eigenvalue weighted by Crippen LogP contribution is -2.36. The van der Waals surface area contributed by atoms with Crippen LogP contribution in [0.3, 0.4) is 0 Å². The van der Waals surface area contributed by atoms with Crippen molar-refractivity contribution < 1.29 is 48.3 Å². The summed E-state index contributed by atoms with van der Waals surface area (Å²) in [7, 11) is 0. The van der Waals surface area contributed by atoms with Crippen LogP contribution in [0.15, 0.2) is 0 Å². The number of nitrogens with zero attached hydrogens (tertiary/aromatic N) is 2. The molecule has 12 heteroatoms. The number of imide groups is 2. The summed E-state index contributed by atoms with van der Waals surface area (Å²) < 4.78 is 5.57. The van der Waals surface area contributed by atoms with Crippen LogP contribution in [0, 0.1) is 0 Å². The molecule has 2 aliphatic heterocycles. The highest BCUT2D eigenvalue weighted by molar-refractivity contribution is 6.02. The van der Waals surface area contributed by atoms with Crippen LogP contribution in [0.1, 0.15) is 65.7 Å². The normalized spacial score (nSPS) is 16.4. The van der Waals surface area contributed by atoms with Crippen molar-refractivity contribution in [2.75, 3.05) is 13.2 Å². The Hall–Kier alpha value is -2.86. The zero-order valence-corrected chi connectivity index (χ0v) is 17.9. The van der Waals surface area contributed by atoms with Gasteiger partial charge in [0, 0.05) is 32.3 Å². The van der Waals surface area contributed by atoms with Gasteiger partial charge in [-0.25, -0.2) is 9.59 Å². The van der Waals surface area contributed by atoms with Crippen molar-refractivity contribution in [2.24, 2.45) is 0 Å². The minimum absolute atomic E-state index is 0.00618. The Morgan fingerprint density at radius 1 is 0.871 bits per heavy atom. The molecule has 1 N–H and O–H groups in total. The first-order chi connectivity index (χ1) is 14.5. The maximum atomic E-state index is 11.7. The summed E-state index contributed by atoms with van der Waals surface area (Å²) in [6, 6.07) is 0. The number of carbonyl (C=O) groups excluding carboxylic acids is 6. The van der Waals surface area contributed by atoms with Gasteiger partial charge < -0.3 is 19.5 Å². The van der Waals surface area contributed by atoms with Crippen molar-refractivity contribution in [1.29, 1.82) is 0 Å². The molecule has 31 heavy (non-hydrogen) atoms. The Morgan fingerprint density at radius 2 is 1.29 bits per heavy atom. The monoisotopic (exact) mass is 444 g/mol. The van der Waals surface area contributed by atoms with E-state index in [1.54, 1.807) is 13.8 Å². The van der Waals surface area contributed by atoms with Gasteiger partial charge in [-0.3, -0.25) is 19.2 Å². The molecule has 2 saturated heterocycles. The Bertz CT molecular complexity index is 686. The van der Waals surface area contributed by atoms with E-state index in [9.17, 15) is 28.8 Å². The zero-order valence-electron chi connectivity index (χ0n) is 17.9. The molecule has 0 aromatic rings. The molecule has 0 unspecified atom stereocenters. The molecule has 0 aliphatic carbocycles. The number of rotatable bonds is 9. The van der Waals surface area contributed by atoms with Crippen LogP contribution in [0.4, 0.5) is 0 Å². The SMILES string of the molecule is CCCCOC(C)(C)CC(=O)ON1C(=O)CCC1=O.O=C(CO)ON1C(=O)CCC1=O. The third-order valence-corrected chi connectivity index (χ3v) is 4.09. The fourth-order valence-electron chi connectivity index (χ4n) is 2.47. The number of amides is 4. The van der Waals surface area contributed by atoms with E-state index in [-0.39, 0.29) is 32.1 Å². The number of carbonyl (C=O) groups is 6. The quantitative estimate of drug-likeness (QED) is 0.384. The lowest BCUT2D eigenvalue weighted by molar-refractivity contribution is -0.200. The number of unbranched alkanes of at least 4 members (excludes halogenated alkanes) is 1.